The fourth-order valence-electron chi connectivity index (χ4n) is 1.31. The predicted molar refractivity (Wildman–Crippen MR) is 56.7 cm³/mol. The summed E-state index contributed by atoms with van der Waals surface area (Å²) in [5, 5.41) is 19.1. The van der Waals surface area contributed by atoms with Gasteiger partial charge in [0.05, 0.1) is 13.0 Å². The molecule has 1 aromatic carbocycles. The molecule has 3 N–H and O–H groups in total. The van der Waals surface area contributed by atoms with Crippen molar-refractivity contribution in [3.8, 4) is 0 Å². The van der Waals surface area contributed by atoms with Crippen LogP contribution < -0.4 is 5.32 Å². The molecule has 0 heterocycles. The van der Waals surface area contributed by atoms with Crippen LogP contribution in [0, 0.1) is 17.5 Å². The maximum absolute atomic E-state index is 13.2. The Morgan fingerprint density at radius 2 is 1.84 bits per heavy atom. The second-order valence-electron chi connectivity index (χ2n) is 3.65. The molecule has 8 heteroatoms. The lowest BCUT2D eigenvalue weighted by Gasteiger charge is -2.12. The van der Waals surface area contributed by atoms with Crippen molar-refractivity contribution >= 4 is 11.9 Å². The molecule has 19 heavy (non-hydrogen) atoms. The van der Waals surface area contributed by atoms with Crippen LogP contribution in [-0.4, -0.2) is 34.7 Å². The zero-order valence-electron chi connectivity index (χ0n) is 9.49. The molecule has 5 nitrogen and oxygen atoms in total. The molecule has 0 aliphatic heterocycles. The highest BCUT2D eigenvalue weighted by molar-refractivity contribution is 5.84. The van der Waals surface area contributed by atoms with E-state index in [4.69, 9.17) is 10.2 Å². The van der Waals surface area contributed by atoms with Crippen molar-refractivity contribution < 1.29 is 33.0 Å². The molecular formula is C11H10F3NO4. The van der Waals surface area contributed by atoms with Gasteiger partial charge in [-0.05, 0) is 6.07 Å². The molecule has 0 fully saturated rings. The number of hydrogen-bond acceptors (Lipinski definition) is 3. The Morgan fingerprint density at radius 1 is 1.21 bits per heavy atom. The Hall–Kier alpha value is -2.09. The number of rotatable bonds is 5. The molecule has 104 valence electrons. The van der Waals surface area contributed by atoms with E-state index >= 15 is 0 Å². The third-order valence-corrected chi connectivity index (χ3v) is 2.28. The van der Waals surface area contributed by atoms with Gasteiger partial charge in [0, 0.05) is 5.56 Å². The third-order valence-electron chi connectivity index (χ3n) is 2.28. The van der Waals surface area contributed by atoms with Crippen LogP contribution in [0.25, 0.3) is 0 Å². The first-order chi connectivity index (χ1) is 8.86. The van der Waals surface area contributed by atoms with Crippen molar-refractivity contribution in [2.24, 2.45) is 0 Å². The lowest BCUT2D eigenvalue weighted by atomic mass is 10.1. The van der Waals surface area contributed by atoms with Crippen molar-refractivity contribution in [1.29, 1.82) is 0 Å². The molecule has 0 saturated heterocycles. The Bertz CT molecular complexity index is 507. The van der Waals surface area contributed by atoms with Crippen LogP contribution in [0.5, 0.6) is 0 Å². The molecule has 1 amide bonds. The summed E-state index contributed by atoms with van der Waals surface area (Å²) in [5.74, 6) is -7.01. The summed E-state index contributed by atoms with van der Waals surface area (Å²) in [6.45, 7) is -0.846. The quantitative estimate of drug-likeness (QED) is 0.671. The Morgan fingerprint density at radius 3 is 2.37 bits per heavy atom. The largest absolute Gasteiger partial charge is 0.480 e. The number of aliphatic hydroxyl groups is 1. The highest BCUT2D eigenvalue weighted by atomic mass is 19.2. The minimum absolute atomic E-state index is 0.418. The van der Waals surface area contributed by atoms with Gasteiger partial charge in [-0.2, -0.15) is 0 Å². The number of hydrogen-bond donors (Lipinski definition) is 3. The summed E-state index contributed by atoms with van der Waals surface area (Å²) >= 11 is 0. The number of carbonyl (C=O) groups is 2. The minimum atomic E-state index is -1.71. The van der Waals surface area contributed by atoms with E-state index in [1.54, 1.807) is 0 Å². The van der Waals surface area contributed by atoms with Crippen molar-refractivity contribution in [3.05, 3.63) is 35.1 Å². The molecule has 0 aromatic heterocycles. The summed E-state index contributed by atoms with van der Waals surface area (Å²) in [6.07, 6.45) is -0.674. The number of halogens is 3. The highest BCUT2D eigenvalue weighted by Crippen LogP contribution is 2.15. The van der Waals surface area contributed by atoms with Gasteiger partial charge in [0.15, 0.2) is 17.5 Å². The van der Waals surface area contributed by atoms with Crippen molar-refractivity contribution in [2.75, 3.05) is 6.61 Å². The Kier molecular flexibility index (Phi) is 4.87. The van der Waals surface area contributed by atoms with Gasteiger partial charge < -0.3 is 15.5 Å². The third kappa shape index (κ3) is 3.68. The normalized spacial score (nSPS) is 12.0. The van der Waals surface area contributed by atoms with Crippen LogP contribution in [0.15, 0.2) is 12.1 Å². The summed E-state index contributed by atoms with van der Waals surface area (Å²) in [5.41, 5.74) is -0.418. The zero-order valence-corrected chi connectivity index (χ0v) is 9.49. The maximum Gasteiger partial charge on any atom is 0.328 e. The molecule has 0 spiro atoms. The predicted octanol–water partition coefficient (Wildman–Crippen LogP) is 0.208. The lowest BCUT2D eigenvalue weighted by molar-refractivity contribution is -0.142. The number of aliphatic carboxylic acids is 1. The Balaban J connectivity index is 2.78. The van der Waals surface area contributed by atoms with E-state index in [-0.39, 0.29) is 0 Å². The molecule has 1 unspecified atom stereocenters. The number of benzene rings is 1. The molecule has 0 bridgehead atoms. The van der Waals surface area contributed by atoms with E-state index in [1.807, 2.05) is 5.32 Å². The number of aliphatic hydroxyl groups excluding tert-OH is 1. The van der Waals surface area contributed by atoms with Crippen LogP contribution in [0.4, 0.5) is 13.2 Å². The molecular weight excluding hydrogens is 267 g/mol. The molecule has 1 rings (SSSR count). The average molecular weight is 277 g/mol. The van der Waals surface area contributed by atoms with Crippen LogP contribution in [0.3, 0.4) is 0 Å². The smallest absolute Gasteiger partial charge is 0.328 e. The van der Waals surface area contributed by atoms with E-state index < -0.39 is 54.0 Å². The first-order valence-electron chi connectivity index (χ1n) is 5.12. The van der Waals surface area contributed by atoms with Crippen LogP contribution in [-0.2, 0) is 16.0 Å². The molecule has 1 atom stereocenters. The number of carbonyl (C=O) groups excluding carboxylic acids is 1. The SMILES string of the molecule is O=C(Cc1ccc(F)c(F)c1F)NC(CO)C(=O)O. The van der Waals surface area contributed by atoms with Gasteiger partial charge in [-0.3, -0.25) is 4.79 Å². The average Bonchev–Trinajstić information content (AvgIpc) is 2.36. The van der Waals surface area contributed by atoms with Crippen LogP contribution in [0.1, 0.15) is 5.56 Å². The maximum atomic E-state index is 13.2. The molecule has 0 aliphatic rings. The molecule has 0 aliphatic carbocycles. The first kappa shape index (κ1) is 15.0. The van der Waals surface area contributed by atoms with Gasteiger partial charge in [0.1, 0.15) is 6.04 Å². The molecule has 1 aromatic rings. The van der Waals surface area contributed by atoms with Crippen LogP contribution in [0.2, 0.25) is 0 Å². The second kappa shape index (κ2) is 6.19. The van der Waals surface area contributed by atoms with Crippen molar-refractivity contribution in [3.63, 3.8) is 0 Å². The number of amides is 1. The highest BCUT2D eigenvalue weighted by Gasteiger charge is 2.21. The van der Waals surface area contributed by atoms with Gasteiger partial charge >= 0.3 is 5.97 Å². The minimum Gasteiger partial charge on any atom is -0.480 e. The van der Waals surface area contributed by atoms with Gasteiger partial charge in [-0.25, -0.2) is 18.0 Å². The summed E-state index contributed by atoms with van der Waals surface area (Å²) in [6, 6.07) is -0.00933. The van der Waals surface area contributed by atoms with Crippen molar-refractivity contribution in [2.45, 2.75) is 12.5 Å². The molecule has 0 radical (unpaired) electrons. The topological polar surface area (TPSA) is 86.6 Å². The first-order valence-corrected chi connectivity index (χ1v) is 5.12. The Labute approximate surface area is 105 Å². The summed E-state index contributed by atoms with van der Waals surface area (Å²) < 4.78 is 38.8. The van der Waals surface area contributed by atoms with E-state index in [2.05, 4.69) is 0 Å². The zero-order chi connectivity index (χ0) is 14.6. The standard InChI is InChI=1S/C11H10F3NO4/c12-6-2-1-5(9(13)10(6)14)3-8(17)15-7(4-16)11(18)19/h1-2,7,16H,3-4H2,(H,15,17)(H,18,19). The van der Waals surface area contributed by atoms with Gasteiger partial charge in [-0.15, -0.1) is 0 Å². The fraction of sp³-hybridized carbons (Fsp3) is 0.273. The van der Waals surface area contributed by atoms with E-state index in [0.717, 1.165) is 6.07 Å². The van der Waals surface area contributed by atoms with E-state index in [1.165, 1.54) is 0 Å². The second-order valence-corrected chi connectivity index (χ2v) is 3.65. The summed E-state index contributed by atoms with van der Waals surface area (Å²) in [4.78, 5) is 21.9. The lowest BCUT2D eigenvalue weighted by Crippen LogP contribution is -2.44. The fourth-order valence-corrected chi connectivity index (χ4v) is 1.31. The van der Waals surface area contributed by atoms with Crippen molar-refractivity contribution in [1.82, 2.24) is 5.32 Å². The molecule has 0 saturated carbocycles. The number of carboxylic acids is 1. The number of nitrogens with one attached hydrogen (secondary N) is 1. The van der Waals surface area contributed by atoms with E-state index in [9.17, 15) is 22.8 Å². The van der Waals surface area contributed by atoms with Gasteiger partial charge in [-0.1, -0.05) is 6.07 Å². The van der Waals surface area contributed by atoms with Crippen LogP contribution >= 0.6 is 0 Å². The number of carboxylic acid groups (broad SMARTS) is 1. The monoisotopic (exact) mass is 277 g/mol. The van der Waals surface area contributed by atoms with E-state index in [0.29, 0.717) is 6.07 Å². The van der Waals surface area contributed by atoms with Gasteiger partial charge in [0.25, 0.3) is 0 Å². The summed E-state index contributed by atoms with van der Waals surface area (Å²) in [7, 11) is 0. The van der Waals surface area contributed by atoms with Gasteiger partial charge in [0.2, 0.25) is 5.91 Å².